The SMILES string of the molecule is C.COC(C#N)C#N. The third-order valence-electron chi connectivity index (χ3n) is 0.470. The van der Waals surface area contributed by atoms with Gasteiger partial charge in [-0.15, -0.1) is 0 Å². The van der Waals surface area contributed by atoms with Crippen molar-refractivity contribution in [3.05, 3.63) is 0 Å². The number of rotatable bonds is 1. The van der Waals surface area contributed by atoms with Crippen LogP contribution in [0.3, 0.4) is 0 Å². The van der Waals surface area contributed by atoms with Gasteiger partial charge in [0.15, 0.2) is 0 Å². The lowest BCUT2D eigenvalue weighted by Gasteiger charge is -1.88. The van der Waals surface area contributed by atoms with E-state index in [0.717, 1.165) is 0 Å². The van der Waals surface area contributed by atoms with Crippen molar-refractivity contribution >= 4 is 0 Å². The van der Waals surface area contributed by atoms with Crippen LogP contribution in [0.25, 0.3) is 0 Å². The van der Waals surface area contributed by atoms with Gasteiger partial charge >= 0.3 is 0 Å². The largest absolute Gasteiger partial charge is 0.354 e. The Hall–Kier alpha value is -1.06. The van der Waals surface area contributed by atoms with E-state index in [2.05, 4.69) is 4.74 Å². The van der Waals surface area contributed by atoms with Crippen molar-refractivity contribution in [2.45, 2.75) is 13.5 Å². The zero-order valence-corrected chi connectivity index (χ0v) is 3.88. The predicted octanol–water partition coefficient (Wildman–Crippen LogP) is 0.685. The molecule has 0 unspecified atom stereocenters. The maximum Gasteiger partial charge on any atom is 0.230 e. The Morgan fingerprint density at radius 3 is 1.75 bits per heavy atom. The van der Waals surface area contributed by atoms with E-state index in [-0.39, 0.29) is 7.43 Å². The molecule has 44 valence electrons. The molecule has 0 fully saturated rings. The lowest BCUT2D eigenvalue weighted by molar-refractivity contribution is 0.188. The summed E-state index contributed by atoms with van der Waals surface area (Å²) in [5, 5.41) is 15.9. The van der Waals surface area contributed by atoms with Gasteiger partial charge in [0, 0.05) is 7.11 Å². The standard InChI is InChI=1S/C4H4N2O.CH4/c1-7-4(2-5)3-6;/h4H,1H3;1H4. The first kappa shape index (κ1) is 10.0. The van der Waals surface area contributed by atoms with Gasteiger partial charge in [0.05, 0.1) is 0 Å². The van der Waals surface area contributed by atoms with Crippen LogP contribution in [0, 0.1) is 22.7 Å². The van der Waals surface area contributed by atoms with Crippen LogP contribution in [0.5, 0.6) is 0 Å². The summed E-state index contributed by atoms with van der Waals surface area (Å²) in [5.74, 6) is 0. The maximum atomic E-state index is 7.93. The number of nitrogens with zero attached hydrogens (tertiary/aromatic N) is 2. The first-order chi connectivity index (χ1) is 3.35. The lowest BCUT2D eigenvalue weighted by atomic mass is 10.4. The van der Waals surface area contributed by atoms with Gasteiger partial charge in [0.1, 0.15) is 12.1 Å². The van der Waals surface area contributed by atoms with Crippen LogP contribution < -0.4 is 0 Å². The summed E-state index contributed by atoms with van der Waals surface area (Å²) in [5.41, 5.74) is 0. The second-order valence-corrected chi connectivity index (χ2v) is 0.874. The molecule has 0 atom stereocenters. The molecule has 0 radical (unpaired) electrons. The van der Waals surface area contributed by atoms with E-state index >= 15 is 0 Å². The molecule has 3 heteroatoms. The average molecular weight is 112 g/mol. The van der Waals surface area contributed by atoms with E-state index in [9.17, 15) is 0 Å². The van der Waals surface area contributed by atoms with Crippen LogP contribution in [0.4, 0.5) is 0 Å². The molecule has 0 spiro atoms. The molecule has 0 aromatic carbocycles. The van der Waals surface area contributed by atoms with E-state index < -0.39 is 6.10 Å². The van der Waals surface area contributed by atoms with E-state index in [1.807, 2.05) is 0 Å². The number of ether oxygens (including phenoxy) is 1. The Morgan fingerprint density at radius 1 is 1.38 bits per heavy atom. The van der Waals surface area contributed by atoms with Gasteiger partial charge in [0.2, 0.25) is 6.10 Å². The van der Waals surface area contributed by atoms with Gasteiger partial charge < -0.3 is 4.74 Å². The fourth-order valence-electron chi connectivity index (χ4n) is 0.134. The summed E-state index contributed by atoms with van der Waals surface area (Å²) in [6.45, 7) is 0. The summed E-state index contributed by atoms with van der Waals surface area (Å²) in [4.78, 5) is 0. The van der Waals surface area contributed by atoms with Crippen LogP contribution in [-0.2, 0) is 4.74 Å². The Bertz CT molecular complexity index is 105. The monoisotopic (exact) mass is 112 g/mol. The van der Waals surface area contributed by atoms with Crippen molar-refractivity contribution < 1.29 is 4.74 Å². The second kappa shape index (κ2) is 5.94. The van der Waals surface area contributed by atoms with Crippen LogP contribution >= 0.6 is 0 Å². The van der Waals surface area contributed by atoms with E-state index in [0.29, 0.717) is 0 Å². The molecule has 0 aliphatic heterocycles. The Labute approximate surface area is 49.1 Å². The fourth-order valence-corrected chi connectivity index (χ4v) is 0.134. The Morgan fingerprint density at radius 2 is 1.75 bits per heavy atom. The summed E-state index contributed by atoms with van der Waals surface area (Å²) in [6, 6.07) is 3.24. The average Bonchev–Trinajstić information content (AvgIpc) is 1.72. The van der Waals surface area contributed by atoms with Gasteiger partial charge in [-0.1, -0.05) is 7.43 Å². The number of methoxy groups -OCH3 is 1. The number of hydrogen-bond donors (Lipinski definition) is 0. The molecule has 0 rings (SSSR count). The maximum absolute atomic E-state index is 7.93. The van der Waals surface area contributed by atoms with E-state index in [1.54, 1.807) is 12.1 Å². The third-order valence-corrected chi connectivity index (χ3v) is 0.470. The molecule has 0 bridgehead atoms. The molecule has 0 aromatic heterocycles. The number of hydrogen-bond acceptors (Lipinski definition) is 3. The van der Waals surface area contributed by atoms with Crippen molar-refractivity contribution in [1.82, 2.24) is 0 Å². The van der Waals surface area contributed by atoms with Crippen LogP contribution in [0.1, 0.15) is 7.43 Å². The van der Waals surface area contributed by atoms with Crippen LogP contribution in [-0.4, -0.2) is 13.2 Å². The van der Waals surface area contributed by atoms with Crippen molar-refractivity contribution in [3.63, 3.8) is 0 Å². The Kier molecular flexibility index (Phi) is 7.45. The third kappa shape index (κ3) is 3.14. The van der Waals surface area contributed by atoms with Gasteiger partial charge in [-0.05, 0) is 0 Å². The lowest BCUT2D eigenvalue weighted by Crippen LogP contribution is -2.01. The fraction of sp³-hybridized carbons (Fsp3) is 0.600. The molecule has 0 saturated carbocycles. The molecular weight excluding hydrogens is 104 g/mol. The highest BCUT2D eigenvalue weighted by Gasteiger charge is 1.97. The van der Waals surface area contributed by atoms with Crippen LogP contribution in [0.15, 0.2) is 0 Å². The summed E-state index contributed by atoms with van der Waals surface area (Å²) < 4.78 is 4.33. The minimum Gasteiger partial charge on any atom is -0.354 e. The first-order valence-electron chi connectivity index (χ1n) is 1.67. The van der Waals surface area contributed by atoms with Gasteiger partial charge in [-0.25, -0.2) is 0 Å². The van der Waals surface area contributed by atoms with Gasteiger partial charge in [-0.3, -0.25) is 0 Å². The van der Waals surface area contributed by atoms with E-state index in [1.165, 1.54) is 7.11 Å². The molecule has 0 saturated heterocycles. The Balaban J connectivity index is 0. The topological polar surface area (TPSA) is 56.8 Å². The van der Waals surface area contributed by atoms with Gasteiger partial charge in [0.25, 0.3) is 0 Å². The van der Waals surface area contributed by atoms with Crippen LogP contribution in [0.2, 0.25) is 0 Å². The van der Waals surface area contributed by atoms with Crippen molar-refractivity contribution in [3.8, 4) is 12.1 Å². The van der Waals surface area contributed by atoms with Crippen molar-refractivity contribution in [2.75, 3.05) is 7.11 Å². The van der Waals surface area contributed by atoms with E-state index in [4.69, 9.17) is 10.5 Å². The van der Waals surface area contributed by atoms with Crippen molar-refractivity contribution in [1.29, 1.82) is 10.5 Å². The highest BCUT2D eigenvalue weighted by molar-refractivity contribution is 5.00. The second-order valence-electron chi connectivity index (χ2n) is 0.874. The zero-order chi connectivity index (χ0) is 5.70. The highest BCUT2D eigenvalue weighted by atomic mass is 16.5. The quantitative estimate of drug-likeness (QED) is 0.501. The molecule has 0 N–H and O–H groups in total. The highest BCUT2D eigenvalue weighted by Crippen LogP contribution is 1.79. The normalized spacial score (nSPS) is 6.50. The molecule has 0 heterocycles. The zero-order valence-electron chi connectivity index (χ0n) is 3.88. The molecule has 8 heavy (non-hydrogen) atoms. The first-order valence-corrected chi connectivity index (χ1v) is 1.67. The minimum absolute atomic E-state index is 0. The van der Waals surface area contributed by atoms with Crippen molar-refractivity contribution in [2.24, 2.45) is 0 Å². The number of nitriles is 2. The minimum atomic E-state index is -0.903. The molecular formula is C5H8N2O. The summed E-state index contributed by atoms with van der Waals surface area (Å²) in [7, 11) is 1.32. The molecule has 0 aliphatic rings. The molecule has 0 amide bonds. The molecule has 0 aromatic rings. The smallest absolute Gasteiger partial charge is 0.230 e. The summed E-state index contributed by atoms with van der Waals surface area (Å²) >= 11 is 0. The molecule has 3 nitrogen and oxygen atoms in total. The summed E-state index contributed by atoms with van der Waals surface area (Å²) in [6.07, 6.45) is -0.903. The predicted molar refractivity (Wildman–Crippen MR) is 28.8 cm³/mol. The van der Waals surface area contributed by atoms with Gasteiger partial charge in [-0.2, -0.15) is 10.5 Å². The molecule has 0 aliphatic carbocycles.